The zero-order chi connectivity index (χ0) is 39.5. The van der Waals surface area contributed by atoms with E-state index in [9.17, 15) is 19.8 Å². The number of Topliss-reactive ketones (excluding diaryl/α,β-unsaturated/α-hetero) is 1. The molecule has 1 aromatic heterocycles. The van der Waals surface area contributed by atoms with Crippen molar-refractivity contribution in [3.05, 3.63) is 124 Å². The Hall–Kier alpha value is -5.14. The lowest BCUT2D eigenvalue weighted by Gasteiger charge is -2.25. The minimum absolute atomic E-state index is 0.0303. The third-order valence-electron chi connectivity index (χ3n) is 11.5. The van der Waals surface area contributed by atoms with Gasteiger partial charge in [0.2, 0.25) is 0 Å². The molecule has 0 amide bonds. The zero-order valence-corrected chi connectivity index (χ0v) is 32.5. The van der Waals surface area contributed by atoms with Gasteiger partial charge < -0.3 is 36.7 Å². The first-order valence-electron chi connectivity index (χ1n) is 20.1. The molecule has 0 bridgehead atoms. The highest BCUT2D eigenvalue weighted by Gasteiger charge is 2.31. The Balaban J connectivity index is 1.11. The van der Waals surface area contributed by atoms with E-state index < -0.39 is 12.1 Å². The Morgan fingerprint density at radius 1 is 0.982 bits per heavy atom. The molecular weight excluding hydrogens is 701 g/mol. The predicted octanol–water partition coefficient (Wildman–Crippen LogP) is 7.67. The van der Waals surface area contributed by atoms with Gasteiger partial charge in [-0.2, -0.15) is 0 Å². The van der Waals surface area contributed by atoms with E-state index in [1.54, 1.807) is 30.5 Å². The zero-order valence-electron chi connectivity index (χ0n) is 32.5. The molecule has 6 rings (SSSR count). The van der Waals surface area contributed by atoms with Crippen LogP contribution in [0.2, 0.25) is 0 Å². The molecule has 0 radical (unpaired) electrons. The lowest BCUT2D eigenvalue weighted by molar-refractivity contribution is -0.114. The van der Waals surface area contributed by atoms with Gasteiger partial charge in [-0.25, -0.2) is 0 Å². The molecule has 0 unspecified atom stereocenters. The van der Waals surface area contributed by atoms with Gasteiger partial charge in [0.05, 0.1) is 19.2 Å². The number of H-pyrrole nitrogens is 1. The van der Waals surface area contributed by atoms with Gasteiger partial charge in [0, 0.05) is 53.8 Å². The first-order chi connectivity index (χ1) is 27.1. The number of ether oxygens (including phenoxy) is 1. The van der Waals surface area contributed by atoms with Crippen LogP contribution in [0.3, 0.4) is 0 Å². The highest BCUT2D eigenvalue weighted by Crippen LogP contribution is 2.44. The quantitative estimate of drug-likeness (QED) is 0.0277. The number of phenolic OH excluding ortho intramolecular Hbond substituents is 2. The molecule has 4 aromatic rings. The molecule has 9 heteroatoms. The Kier molecular flexibility index (Phi) is 13.8. The van der Waals surface area contributed by atoms with Gasteiger partial charge in [0.25, 0.3) is 0 Å². The number of phenols is 2. The van der Waals surface area contributed by atoms with E-state index in [1.807, 2.05) is 49.5 Å². The van der Waals surface area contributed by atoms with E-state index in [0.717, 1.165) is 53.8 Å². The number of nitrogens with one attached hydrogen (secondary N) is 2. The topological polar surface area (TPSA) is 164 Å². The summed E-state index contributed by atoms with van der Waals surface area (Å²) in [6.07, 6.45) is 16.5. The number of aromatic amines is 1. The highest BCUT2D eigenvalue weighted by molar-refractivity contribution is 5.98. The fourth-order valence-electron chi connectivity index (χ4n) is 8.22. The normalized spacial score (nSPS) is 16.4. The Morgan fingerprint density at radius 2 is 1.77 bits per heavy atom. The average molecular weight is 757 g/mol. The summed E-state index contributed by atoms with van der Waals surface area (Å²) in [6.45, 7) is 1.31. The molecule has 2 aliphatic rings. The van der Waals surface area contributed by atoms with Crippen LogP contribution in [-0.4, -0.2) is 47.0 Å². The van der Waals surface area contributed by atoms with Gasteiger partial charge in [0.15, 0.2) is 23.1 Å². The average Bonchev–Trinajstić information content (AvgIpc) is 3.87. The summed E-state index contributed by atoms with van der Waals surface area (Å²) in [5.74, 6) is 6.51. The van der Waals surface area contributed by atoms with E-state index in [2.05, 4.69) is 28.2 Å². The summed E-state index contributed by atoms with van der Waals surface area (Å²) in [7, 11) is 1.99. The van der Waals surface area contributed by atoms with Gasteiger partial charge in [-0.05, 0) is 110 Å². The highest BCUT2D eigenvalue weighted by atomic mass is 16.5. The molecule has 294 valence electrons. The van der Waals surface area contributed by atoms with Crippen LogP contribution in [0.15, 0.2) is 79.0 Å². The molecule has 0 saturated heterocycles. The summed E-state index contributed by atoms with van der Waals surface area (Å²) in [5, 5.41) is 25.1. The number of ketones is 2. The maximum Gasteiger partial charge on any atom is 0.165 e. The number of fused-ring (bicyclic) bond motifs is 2. The summed E-state index contributed by atoms with van der Waals surface area (Å²) in [6, 6.07) is 18.0. The van der Waals surface area contributed by atoms with E-state index in [-0.39, 0.29) is 41.5 Å². The van der Waals surface area contributed by atoms with Crippen LogP contribution in [0.5, 0.6) is 17.2 Å². The smallest absolute Gasteiger partial charge is 0.165 e. The number of hydrogen-bond donors (Lipinski definition) is 6. The van der Waals surface area contributed by atoms with E-state index in [0.29, 0.717) is 48.1 Å². The number of unbranched alkanes of at least 4 members (excludes halogenated alkanes) is 2. The van der Waals surface area contributed by atoms with Crippen LogP contribution in [0.1, 0.15) is 126 Å². The number of aryl methyl sites for hydroxylation is 1. The van der Waals surface area contributed by atoms with E-state index in [1.165, 1.54) is 32.1 Å². The molecule has 8 N–H and O–H groups in total. The van der Waals surface area contributed by atoms with Crippen molar-refractivity contribution < 1.29 is 24.5 Å². The molecule has 1 heterocycles. The van der Waals surface area contributed by atoms with Crippen molar-refractivity contribution in [2.75, 3.05) is 20.2 Å². The fraction of sp³-hybridized carbons (Fsp3) is 0.404. The molecular formula is C47H56N4O5. The van der Waals surface area contributed by atoms with Crippen LogP contribution >= 0.6 is 0 Å². The van der Waals surface area contributed by atoms with Crippen LogP contribution in [0.25, 0.3) is 0 Å². The van der Waals surface area contributed by atoms with Crippen molar-refractivity contribution in [3.63, 3.8) is 0 Å². The summed E-state index contributed by atoms with van der Waals surface area (Å²) < 4.78 is 6.09. The fourth-order valence-corrected chi connectivity index (χ4v) is 8.22. The minimum atomic E-state index is -0.684. The van der Waals surface area contributed by atoms with Crippen molar-refractivity contribution in [2.45, 2.75) is 95.6 Å². The molecule has 1 saturated carbocycles. The van der Waals surface area contributed by atoms with Crippen molar-refractivity contribution in [2.24, 2.45) is 16.9 Å². The number of carbonyl (C=O) groups excluding carboxylic acids is 2. The van der Waals surface area contributed by atoms with Crippen molar-refractivity contribution in [3.8, 4) is 29.1 Å². The van der Waals surface area contributed by atoms with Crippen LogP contribution in [0, 0.1) is 17.3 Å². The number of allylic oxidation sites excluding steroid dienone is 2. The monoisotopic (exact) mass is 756 g/mol. The van der Waals surface area contributed by atoms with E-state index >= 15 is 0 Å². The molecule has 1 fully saturated rings. The van der Waals surface area contributed by atoms with Gasteiger partial charge in [-0.15, -0.1) is 0 Å². The molecule has 56 heavy (non-hydrogen) atoms. The lowest BCUT2D eigenvalue weighted by atomic mass is 9.80. The number of aromatic nitrogens is 1. The van der Waals surface area contributed by atoms with Gasteiger partial charge in [-0.3, -0.25) is 9.59 Å². The molecule has 2 aliphatic carbocycles. The predicted molar refractivity (Wildman–Crippen MR) is 221 cm³/mol. The number of rotatable bonds is 17. The summed E-state index contributed by atoms with van der Waals surface area (Å²) in [4.78, 5) is 29.9. The second-order valence-corrected chi connectivity index (χ2v) is 15.5. The Labute approximate surface area is 330 Å². The number of nitrogens with two attached hydrogens (primary N) is 2. The number of aromatic hydroxyl groups is 2. The number of benzene rings is 3. The first-order valence-corrected chi connectivity index (χ1v) is 20.1. The first kappa shape index (κ1) is 40.5. The van der Waals surface area contributed by atoms with Crippen LogP contribution in [-0.2, 0) is 24.1 Å². The van der Waals surface area contributed by atoms with E-state index in [4.69, 9.17) is 16.2 Å². The lowest BCUT2D eigenvalue weighted by Crippen LogP contribution is -2.20. The third-order valence-corrected chi connectivity index (χ3v) is 11.5. The maximum atomic E-state index is 13.7. The molecule has 3 aromatic carbocycles. The number of hydrogen-bond acceptors (Lipinski definition) is 8. The Bertz CT molecular complexity index is 2080. The SMILES string of the molecule is CNCCCCCC1(/C=C/C(=O)CCc2ccc(O)c(OCCc3ccc(O)c([C@H]4CC(=O)c5cc[nH]c5CC#Cc5cc(C(N)N)ccc54)c3)c2)CCCC1. The molecule has 9 nitrogen and oxygen atoms in total. The molecule has 1 atom stereocenters. The molecule has 0 spiro atoms. The summed E-state index contributed by atoms with van der Waals surface area (Å²) >= 11 is 0. The largest absolute Gasteiger partial charge is 0.508 e. The summed E-state index contributed by atoms with van der Waals surface area (Å²) in [5.41, 5.74) is 18.2. The van der Waals surface area contributed by atoms with Crippen LogP contribution in [0.4, 0.5) is 0 Å². The van der Waals surface area contributed by atoms with Crippen molar-refractivity contribution in [1.82, 2.24) is 10.3 Å². The third kappa shape index (κ3) is 10.4. The maximum absolute atomic E-state index is 13.7. The minimum Gasteiger partial charge on any atom is -0.508 e. The molecule has 0 aliphatic heterocycles. The second-order valence-electron chi connectivity index (χ2n) is 15.5. The van der Waals surface area contributed by atoms with Crippen molar-refractivity contribution >= 4 is 11.6 Å². The Morgan fingerprint density at radius 3 is 2.55 bits per heavy atom. The number of carbonyl (C=O) groups is 2. The van der Waals surface area contributed by atoms with Gasteiger partial charge >= 0.3 is 0 Å². The second kappa shape index (κ2) is 19.1. The standard InChI is InChI=1S/C47H56N4O5/c1-50-25-6-2-3-21-47(22-4-5-23-47)24-18-36(52)14-10-32-12-17-43(54)45(29-32)56-27-20-33-11-16-42(53)40(28-33)39-31-44(55)38-19-26-51-41(38)9-7-8-34-30-35(46(48)49)13-15-37(34)39/h11-13,15-19,24,26,28-30,39,46,50-51,53-54H,2-6,9-10,14,20-23,25,27,31,48-49H2,1H3/b24-18+/t39-/m0/s1. The van der Waals surface area contributed by atoms with Crippen LogP contribution < -0.4 is 21.5 Å². The van der Waals surface area contributed by atoms with Gasteiger partial charge in [-0.1, -0.05) is 73.9 Å². The van der Waals surface area contributed by atoms with Gasteiger partial charge in [0.1, 0.15) is 5.75 Å². The van der Waals surface area contributed by atoms with Crippen molar-refractivity contribution in [1.29, 1.82) is 0 Å².